The summed E-state index contributed by atoms with van der Waals surface area (Å²) in [6.45, 7) is -0.0913. The van der Waals surface area contributed by atoms with Gasteiger partial charge in [0.1, 0.15) is 5.75 Å². The smallest absolute Gasteiger partial charge is 0.277 e. The van der Waals surface area contributed by atoms with Crippen LogP contribution >= 0.6 is 15.9 Å². The molecule has 0 saturated heterocycles. The van der Waals surface area contributed by atoms with E-state index in [4.69, 9.17) is 4.74 Å². The van der Waals surface area contributed by atoms with Crippen LogP contribution in [0.4, 0.5) is 0 Å². The largest absolute Gasteiger partial charge is 0.484 e. The standard InChI is InChI=1S/C14H12BrN3O2/c15-12-3-5-13(6-4-12)20-10-14(19)18-17-9-11-2-1-7-16-8-11/h1-9H,10H2,(H,18,19)/b17-9+. The Labute approximate surface area is 124 Å². The summed E-state index contributed by atoms with van der Waals surface area (Å²) in [7, 11) is 0. The topological polar surface area (TPSA) is 63.6 Å². The van der Waals surface area contributed by atoms with Crippen LogP contribution in [0.2, 0.25) is 0 Å². The average Bonchev–Trinajstić information content (AvgIpc) is 2.48. The summed E-state index contributed by atoms with van der Waals surface area (Å²) in [5.41, 5.74) is 3.19. The number of halogens is 1. The summed E-state index contributed by atoms with van der Waals surface area (Å²) in [6.07, 6.45) is 4.83. The number of carbonyl (C=O) groups is 1. The predicted molar refractivity (Wildman–Crippen MR) is 79.6 cm³/mol. The molecule has 1 aromatic carbocycles. The molecule has 5 nitrogen and oxygen atoms in total. The average molecular weight is 334 g/mol. The van der Waals surface area contributed by atoms with Gasteiger partial charge in [0.05, 0.1) is 6.21 Å². The molecule has 2 aromatic rings. The van der Waals surface area contributed by atoms with E-state index in [1.807, 2.05) is 18.2 Å². The Morgan fingerprint density at radius 2 is 2.15 bits per heavy atom. The number of hydrogen-bond donors (Lipinski definition) is 1. The molecule has 0 aliphatic carbocycles. The third-order valence-corrected chi connectivity index (χ3v) is 2.80. The van der Waals surface area contributed by atoms with Crippen LogP contribution in [-0.4, -0.2) is 23.7 Å². The molecule has 2 rings (SSSR count). The van der Waals surface area contributed by atoms with Gasteiger partial charge in [-0.2, -0.15) is 5.10 Å². The van der Waals surface area contributed by atoms with Crippen molar-refractivity contribution in [2.45, 2.75) is 0 Å². The lowest BCUT2D eigenvalue weighted by Crippen LogP contribution is -2.24. The Hall–Kier alpha value is -2.21. The molecule has 1 aromatic heterocycles. The molecule has 102 valence electrons. The number of rotatable bonds is 5. The third-order valence-electron chi connectivity index (χ3n) is 2.27. The second kappa shape index (κ2) is 7.40. The van der Waals surface area contributed by atoms with Crippen molar-refractivity contribution in [3.8, 4) is 5.75 Å². The number of amides is 1. The molecule has 6 heteroatoms. The highest BCUT2D eigenvalue weighted by molar-refractivity contribution is 9.10. The first kappa shape index (κ1) is 14.2. The van der Waals surface area contributed by atoms with E-state index in [0.717, 1.165) is 10.0 Å². The van der Waals surface area contributed by atoms with Crippen LogP contribution in [0, 0.1) is 0 Å². The first-order valence-electron chi connectivity index (χ1n) is 5.84. The highest BCUT2D eigenvalue weighted by Gasteiger charge is 2.01. The fraction of sp³-hybridized carbons (Fsp3) is 0.0714. The van der Waals surface area contributed by atoms with E-state index in [1.165, 1.54) is 6.21 Å². The molecule has 20 heavy (non-hydrogen) atoms. The molecule has 0 atom stereocenters. The number of aromatic nitrogens is 1. The minimum absolute atomic E-state index is 0.0913. The van der Waals surface area contributed by atoms with Crippen LogP contribution in [0.1, 0.15) is 5.56 Å². The summed E-state index contributed by atoms with van der Waals surface area (Å²) in [4.78, 5) is 15.4. The van der Waals surface area contributed by atoms with Crippen molar-refractivity contribution >= 4 is 28.1 Å². The van der Waals surface area contributed by atoms with Crippen molar-refractivity contribution < 1.29 is 9.53 Å². The number of benzene rings is 1. The van der Waals surface area contributed by atoms with E-state index in [1.54, 1.807) is 30.6 Å². The number of carbonyl (C=O) groups excluding carboxylic acids is 1. The van der Waals surface area contributed by atoms with Gasteiger partial charge in [0.15, 0.2) is 6.61 Å². The van der Waals surface area contributed by atoms with Crippen molar-refractivity contribution in [3.05, 3.63) is 58.8 Å². The van der Waals surface area contributed by atoms with Gasteiger partial charge in [0.2, 0.25) is 0 Å². The number of pyridine rings is 1. The van der Waals surface area contributed by atoms with Gasteiger partial charge in [-0.15, -0.1) is 0 Å². The summed E-state index contributed by atoms with van der Waals surface area (Å²) in [5.74, 6) is 0.299. The molecule has 1 amide bonds. The third kappa shape index (κ3) is 4.81. The lowest BCUT2D eigenvalue weighted by atomic mass is 10.3. The highest BCUT2D eigenvalue weighted by atomic mass is 79.9. The second-order valence-electron chi connectivity index (χ2n) is 3.82. The fourth-order valence-electron chi connectivity index (χ4n) is 1.34. The maximum absolute atomic E-state index is 11.5. The van der Waals surface area contributed by atoms with Crippen molar-refractivity contribution in [3.63, 3.8) is 0 Å². The van der Waals surface area contributed by atoms with E-state index >= 15 is 0 Å². The van der Waals surface area contributed by atoms with Crippen LogP contribution < -0.4 is 10.2 Å². The molecule has 1 heterocycles. The Morgan fingerprint density at radius 1 is 1.35 bits per heavy atom. The van der Waals surface area contributed by atoms with Crippen molar-refractivity contribution in [2.75, 3.05) is 6.61 Å². The maximum atomic E-state index is 11.5. The van der Waals surface area contributed by atoms with Gasteiger partial charge in [0.25, 0.3) is 5.91 Å². The normalized spacial score (nSPS) is 10.4. The Balaban J connectivity index is 1.76. The van der Waals surface area contributed by atoms with Crippen LogP contribution in [0.25, 0.3) is 0 Å². The van der Waals surface area contributed by atoms with Crippen LogP contribution in [-0.2, 0) is 4.79 Å². The Kier molecular flexibility index (Phi) is 5.25. The van der Waals surface area contributed by atoms with E-state index < -0.39 is 0 Å². The highest BCUT2D eigenvalue weighted by Crippen LogP contribution is 2.15. The first-order chi connectivity index (χ1) is 9.74. The van der Waals surface area contributed by atoms with Crippen molar-refractivity contribution in [1.29, 1.82) is 0 Å². The van der Waals surface area contributed by atoms with Gasteiger partial charge in [-0.1, -0.05) is 22.0 Å². The molecule has 0 bridgehead atoms. The van der Waals surface area contributed by atoms with Crippen LogP contribution in [0.5, 0.6) is 5.75 Å². The van der Waals surface area contributed by atoms with E-state index in [9.17, 15) is 4.79 Å². The monoisotopic (exact) mass is 333 g/mol. The van der Waals surface area contributed by atoms with Gasteiger partial charge in [0, 0.05) is 22.4 Å². The van der Waals surface area contributed by atoms with Gasteiger partial charge < -0.3 is 4.74 Å². The number of nitrogens with zero attached hydrogens (tertiary/aromatic N) is 2. The van der Waals surface area contributed by atoms with Gasteiger partial charge >= 0.3 is 0 Å². The summed E-state index contributed by atoms with van der Waals surface area (Å²) in [5, 5.41) is 3.82. The molecular weight excluding hydrogens is 322 g/mol. The van der Waals surface area contributed by atoms with Gasteiger partial charge in [-0.25, -0.2) is 5.43 Å². The van der Waals surface area contributed by atoms with E-state index in [0.29, 0.717) is 5.75 Å². The minimum atomic E-state index is -0.326. The summed E-state index contributed by atoms with van der Waals surface area (Å²) >= 11 is 3.32. The number of nitrogens with one attached hydrogen (secondary N) is 1. The maximum Gasteiger partial charge on any atom is 0.277 e. The quantitative estimate of drug-likeness (QED) is 0.674. The van der Waals surface area contributed by atoms with Crippen LogP contribution in [0.15, 0.2) is 58.4 Å². The summed E-state index contributed by atoms with van der Waals surface area (Å²) in [6, 6.07) is 10.9. The number of hydrazone groups is 1. The molecule has 0 saturated carbocycles. The number of ether oxygens (including phenoxy) is 1. The molecule has 0 unspecified atom stereocenters. The zero-order valence-corrected chi connectivity index (χ0v) is 12.1. The van der Waals surface area contributed by atoms with Crippen molar-refractivity contribution in [1.82, 2.24) is 10.4 Å². The molecule has 0 spiro atoms. The Bertz CT molecular complexity index is 585. The predicted octanol–water partition coefficient (Wildman–Crippen LogP) is 2.37. The lowest BCUT2D eigenvalue weighted by Gasteiger charge is -2.04. The zero-order valence-electron chi connectivity index (χ0n) is 10.5. The zero-order chi connectivity index (χ0) is 14.2. The summed E-state index contributed by atoms with van der Waals surface area (Å²) < 4.78 is 6.26. The van der Waals surface area contributed by atoms with Gasteiger partial charge in [-0.05, 0) is 30.3 Å². The molecular formula is C14H12BrN3O2. The second-order valence-corrected chi connectivity index (χ2v) is 4.74. The number of hydrogen-bond acceptors (Lipinski definition) is 4. The molecule has 0 fully saturated rings. The fourth-order valence-corrected chi connectivity index (χ4v) is 1.61. The molecule has 0 aliphatic heterocycles. The van der Waals surface area contributed by atoms with E-state index in [-0.39, 0.29) is 12.5 Å². The van der Waals surface area contributed by atoms with Crippen molar-refractivity contribution in [2.24, 2.45) is 5.10 Å². The van der Waals surface area contributed by atoms with Gasteiger partial charge in [-0.3, -0.25) is 9.78 Å². The molecule has 0 radical (unpaired) electrons. The first-order valence-corrected chi connectivity index (χ1v) is 6.63. The molecule has 1 N–H and O–H groups in total. The SMILES string of the molecule is O=C(COc1ccc(Br)cc1)N/N=C/c1cccnc1. The minimum Gasteiger partial charge on any atom is -0.484 e. The van der Waals surface area contributed by atoms with E-state index in [2.05, 4.69) is 31.4 Å². The lowest BCUT2D eigenvalue weighted by molar-refractivity contribution is -0.123. The van der Waals surface area contributed by atoms with Crippen LogP contribution in [0.3, 0.4) is 0 Å². The Morgan fingerprint density at radius 3 is 2.85 bits per heavy atom. The molecule has 0 aliphatic rings.